The molecule has 2 fully saturated rings. The van der Waals surface area contributed by atoms with Crippen molar-refractivity contribution in [1.29, 1.82) is 0 Å². The summed E-state index contributed by atoms with van der Waals surface area (Å²) in [6, 6.07) is 7.28. The summed E-state index contributed by atoms with van der Waals surface area (Å²) in [5, 5.41) is 0. The van der Waals surface area contributed by atoms with Gasteiger partial charge in [0.15, 0.2) is 0 Å². The summed E-state index contributed by atoms with van der Waals surface area (Å²) in [5.74, 6) is -2.19. The molecule has 4 nitrogen and oxygen atoms in total. The normalized spacial score (nSPS) is 20.8. The van der Waals surface area contributed by atoms with Gasteiger partial charge in [0, 0.05) is 17.3 Å². The van der Waals surface area contributed by atoms with Gasteiger partial charge in [0.25, 0.3) is 5.79 Å². The molecule has 1 aliphatic heterocycles. The molecule has 1 aliphatic carbocycles. The van der Waals surface area contributed by atoms with Crippen LogP contribution in [0.5, 0.6) is 0 Å². The SMILES string of the molecule is O=C1OC2(CCCC2)OC(=O)C1=Cc1ccc(Br)cc1. The predicted octanol–water partition coefficient (Wildman–Crippen LogP) is 3.20. The molecular formula is C15H13BrO4. The molecule has 2 aliphatic rings. The van der Waals surface area contributed by atoms with Gasteiger partial charge in [0.1, 0.15) is 5.57 Å². The second-order valence-corrected chi connectivity index (χ2v) is 5.92. The maximum atomic E-state index is 12.0. The third-order valence-corrected chi connectivity index (χ3v) is 4.07. The lowest BCUT2D eigenvalue weighted by Crippen LogP contribution is -2.44. The summed E-state index contributed by atoms with van der Waals surface area (Å²) >= 11 is 3.33. The maximum Gasteiger partial charge on any atom is 0.348 e. The van der Waals surface area contributed by atoms with E-state index in [1.54, 1.807) is 12.1 Å². The maximum absolute atomic E-state index is 12.0. The molecular weight excluding hydrogens is 324 g/mol. The molecule has 0 unspecified atom stereocenters. The molecule has 0 aromatic heterocycles. The zero-order valence-corrected chi connectivity index (χ0v) is 12.3. The van der Waals surface area contributed by atoms with E-state index in [0.29, 0.717) is 12.8 Å². The summed E-state index contributed by atoms with van der Waals surface area (Å²) in [7, 11) is 0. The quantitative estimate of drug-likeness (QED) is 0.449. The van der Waals surface area contributed by atoms with Crippen molar-refractivity contribution in [1.82, 2.24) is 0 Å². The minimum atomic E-state index is -1.01. The molecule has 1 aromatic carbocycles. The van der Waals surface area contributed by atoms with Crippen LogP contribution in [0.2, 0.25) is 0 Å². The van der Waals surface area contributed by atoms with E-state index < -0.39 is 17.7 Å². The molecule has 20 heavy (non-hydrogen) atoms. The van der Waals surface area contributed by atoms with Crippen LogP contribution in [-0.4, -0.2) is 17.7 Å². The van der Waals surface area contributed by atoms with Gasteiger partial charge >= 0.3 is 11.9 Å². The minimum Gasteiger partial charge on any atom is -0.419 e. The van der Waals surface area contributed by atoms with Crippen LogP contribution in [0.4, 0.5) is 0 Å². The van der Waals surface area contributed by atoms with Gasteiger partial charge in [0.05, 0.1) is 0 Å². The van der Waals surface area contributed by atoms with Crippen LogP contribution in [0.15, 0.2) is 34.3 Å². The fraction of sp³-hybridized carbons (Fsp3) is 0.333. The third-order valence-electron chi connectivity index (χ3n) is 3.54. The van der Waals surface area contributed by atoms with Crippen LogP contribution < -0.4 is 0 Å². The molecule has 0 amide bonds. The van der Waals surface area contributed by atoms with E-state index in [2.05, 4.69) is 15.9 Å². The lowest BCUT2D eigenvalue weighted by atomic mass is 10.1. The van der Waals surface area contributed by atoms with Crippen molar-refractivity contribution >= 4 is 33.9 Å². The van der Waals surface area contributed by atoms with Crippen molar-refractivity contribution in [2.24, 2.45) is 0 Å². The van der Waals surface area contributed by atoms with Crippen LogP contribution in [0.1, 0.15) is 31.2 Å². The Hall–Kier alpha value is -1.62. The Morgan fingerprint density at radius 2 is 1.55 bits per heavy atom. The van der Waals surface area contributed by atoms with E-state index in [1.807, 2.05) is 12.1 Å². The molecule has 5 heteroatoms. The largest absolute Gasteiger partial charge is 0.419 e. The summed E-state index contributed by atoms with van der Waals surface area (Å²) in [5.41, 5.74) is 0.698. The zero-order valence-electron chi connectivity index (χ0n) is 10.7. The number of hydrogen-bond acceptors (Lipinski definition) is 4. The number of hydrogen-bond donors (Lipinski definition) is 0. The molecule has 1 spiro atoms. The summed E-state index contributed by atoms with van der Waals surface area (Å²) < 4.78 is 11.6. The number of carbonyl (C=O) groups excluding carboxylic acids is 2. The van der Waals surface area contributed by atoms with Gasteiger partial charge in [-0.1, -0.05) is 28.1 Å². The molecule has 104 valence electrons. The molecule has 0 bridgehead atoms. The Balaban J connectivity index is 1.86. The lowest BCUT2D eigenvalue weighted by molar-refractivity contribution is -0.232. The average Bonchev–Trinajstić information content (AvgIpc) is 2.84. The van der Waals surface area contributed by atoms with Gasteiger partial charge < -0.3 is 9.47 Å². The molecule has 1 saturated carbocycles. The molecule has 0 N–H and O–H groups in total. The van der Waals surface area contributed by atoms with Crippen LogP contribution >= 0.6 is 15.9 Å². The summed E-state index contributed by atoms with van der Waals surface area (Å²) in [6.07, 6.45) is 4.50. The van der Waals surface area contributed by atoms with Crippen LogP contribution in [-0.2, 0) is 19.1 Å². The van der Waals surface area contributed by atoms with Crippen LogP contribution in [0.25, 0.3) is 6.08 Å². The highest BCUT2D eigenvalue weighted by molar-refractivity contribution is 9.10. The third kappa shape index (κ3) is 2.50. The van der Waals surface area contributed by atoms with E-state index >= 15 is 0 Å². The molecule has 1 heterocycles. The van der Waals surface area contributed by atoms with E-state index in [0.717, 1.165) is 22.9 Å². The second-order valence-electron chi connectivity index (χ2n) is 5.01. The standard InChI is InChI=1S/C15H13BrO4/c16-11-5-3-10(4-6-11)9-12-13(17)19-15(20-14(12)18)7-1-2-8-15/h3-6,9H,1-2,7-8H2. The Morgan fingerprint density at radius 1 is 1.00 bits per heavy atom. The average molecular weight is 337 g/mol. The van der Waals surface area contributed by atoms with Crippen molar-refractivity contribution in [2.45, 2.75) is 31.5 Å². The highest BCUT2D eigenvalue weighted by Gasteiger charge is 2.47. The fourth-order valence-corrected chi connectivity index (χ4v) is 2.78. The topological polar surface area (TPSA) is 52.6 Å². The highest BCUT2D eigenvalue weighted by Crippen LogP contribution is 2.38. The molecule has 1 aromatic rings. The van der Waals surface area contributed by atoms with Gasteiger partial charge in [-0.15, -0.1) is 0 Å². The lowest BCUT2D eigenvalue weighted by Gasteiger charge is -2.32. The molecule has 1 saturated heterocycles. The van der Waals surface area contributed by atoms with E-state index in [1.165, 1.54) is 6.08 Å². The molecule has 3 rings (SSSR count). The van der Waals surface area contributed by atoms with Crippen molar-refractivity contribution in [3.05, 3.63) is 39.9 Å². The van der Waals surface area contributed by atoms with Gasteiger partial charge in [-0.05, 0) is 36.6 Å². The van der Waals surface area contributed by atoms with Crippen molar-refractivity contribution in [3.8, 4) is 0 Å². The second kappa shape index (κ2) is 5.05. The number of carbonyl (C=O) groups is 2. The molecule has 0 atom stereocenters. The minimum absolute atomic E-state index is 0.0511. The van der Waals surface area contributed by atoms with E-state index in [-0.39, 0.29) is 5.57 Å². The van der Waals surface area contributed by atoms with Gasteiger partial charge in [-0.3, -0.25) is 0 Å². The first-order valence-electron chi connectivity index (χ1n) is 6.52. The van der Waals surface area contributed by atoms with Crippen molar-refractivity contribution in [2.75, 3.05) is 0 Å². The summed E-state index contributed by atoms with van der Waals surface area (Å²) in [6.45, 7) is 0. The van der Waals surface area contributed by atoms with Gasteiger partial charge in [-0.2, -0.15) is 0 Å². The van der Waals surface area contributed by atoms with E-state index in [9.17, 15) is 9.59 Å². The zero-order chi connectivity index (χ0) is 14.2. The predicted molar refractivity (Wildman–Crippen MR) is 75.5 cm³/mol. The van der Waals surface area contributed by atoms with Gasteiger partial charge in [0.2, 0.25) is 0 Å². The summed E-state index contributed by atoms with van der Waals surface area (Å²) in [4.78, 5) is 24.1. The van der Waals surface area contributed by atoms with Crippen LogP contribution in [0, 0.1) is 0 Å². The Kier molecular flexibility index (Phi) is 3.38. The Bertz CT molecular complexity index is 560. The highest BCUT2D eigenvalue weighted by atomic mass is 79.9. The first kappa shape index (κ1) is 13.4. The van der Waals surface area contributed by atoms with E-state index in [4.69, 9.17) is 9.47 Å². The molecule has 0 radical (unpaired) electrons. The van der Waals surface area contributed by atoms with Crippen molar-refractivity contribution < 1.29 is 19.1 Å². The van der Waals surface area contributed by atoms with Crippen LogP contribution in [0.3, 0.4) is 0 Å². The van der Waals surface area contributed by atoms with Gasteiger partial charge in [-0.25, -0.2) is 9.59 Å². The fourth-order valence-electron chi connectivity index (χ4n) is 2.51. The Labute approximate surface area is 124 Å². The number of benzene rings is 1. The first-order chi connectivity index (χ1) is 9.58. The number of esters is 2. The van der Waals surface area contributed by atoms with Crippen molar-refractivity contribution in [3.63, 3.8) is 0 Å². The first-order valence-corrected chi connectivity index (χ1v) is 7.31. The Morgan fingerprint density at radius 3 is 2.10 bits per heavy atom. The number of halogens is 1. The monoisotopic (exact) mass is 336 g/mol. The number of rotatable bonds is 1. The smallest absolute Gasteiger partial charge is 0.348 e. The number of ether oxygens (including phenoxy) is 2.